The molecular formula is C26H27N3O5. The van der Waals surface area contributed by atoms with Gasteiger partial charge in [0, 0.05) is 29.9 Å². The number of morpholine rings is 1. The second kappa shape index (κ2) is 9.30. The molecule has 5 rings (SSSR count). The second-order valence-corrected chi connectivity index (χ2v) is 8.50. The van der Waals surface area contributed by atoms with Crippen molar-refractivity contribution >= 4 is 17.7 Å². The number of hydrogen-bond donors (Lipinski definition) is 1. The number of carbonyl (C=O) groups excluding carboxylic acids is 3. The van der Waals surface area contributed by atoms with Crippen molar-refractivity contribution in [1.29, 1.82) is 0 Å². The number of nitrogens with one attached hydrogen (secondary N) is 1. The number of rotatable bonds is 6. The summed E-state index contributed by atoms with van der Waals surface area (Å²) in [6, 6.07) is 12.1. The molecular weight excluding hydrogens is 434 g/mol. The van der Waals surface area contributed by atoms with Gasteiger partial charge >= 0.3 is 0 Å². The molecule has 2 aromatic rings. The van der Waals surface area contributed by atoms with Gasteiger partial charge in [-0.15, -0.1) is 0 Å². The predicted octanol–water partition coefficient (Wildman–Crippen LogP) is 2.37. The molecule has 3 aliphatic rings. The number of piperidine rings is 1. The van der Waals surface area contributed by atoms with Gasteiger partial charge in [-0.05, 0) is 36.1 Å². The van der Waals surface area contributed by atoms with Gasteiger partial charge in [0.1, 0.15) is 25.0 Å². The first-order valence-corrected chi connectivity index (χ1v) is 11.1. The summed E-state index contributed by atoms with van der Waals surface area (Å²) in [5.41, 5.74) is 3.56. The van der Waals surface area contributed by atoms with E-state index in [0.717, 1.165) is 21.6 Å². The summed E-state index contributed by atoms with van der Waals surface area (Å²) in [7, 11) is 0. The topological polar surface area (TPSA) is 88.2 Å². The fourth-order valence-corrected chi connectivity index (χ4v) is 4.38. The molecule has 0 radical (unpaired) electrons. The van der Waals surface area contributed by atoms with Crippen molar-refractivity contribution in [2.75, 3.05) is 19.7 Å². The van der Waals surface area contributed by atoms with Crippen LogP contribution in [0.3, 0.4) is 0 Å². The van der Waals surface area contributed by atoms with Crippen LogP contribution >= 0.6 is 0 Å². The van der Waals surface area contributed by atoms with Crippen molar-refractivity contribution in [1.82, 2.24) is 15.1 Å². The Labute approximate surface area is 202 Å². The lowest BCUT2D eigenvalue weighted by Gasteiger charge is -2.31. The van der Waals surface area contributed by atoms with E-state index >= 15 is 0 Å². The molecule has 3 aliphatic heterocycles. The van der Waals surface area contributed by atoms with Crippen molar-refractivity contribution in [3.63, 3.8) is 0 Å². The van der Waals surface area contributed by atoms with Gasteiger partial charge in [0.15, 0.2) is 0 Å². The van der Waals surface area contributed by atoms with E-state index in [1.807, 2.05) is 12.1 Å². The Morgan fingerprint density at radius 2 is 1.94 bits per heavy atom. The zero-order valence-electron chi connectivity index (χ0n) is 21.6. The van der Waals surface area contributed by atoms with E-state index in [4.69, 9.17) is 13.6 Å². The van der Waals surface area contributed by atoms with Crippen LogP contribution in [-0.4, -0.2) is 53.2 Å². The Kier molecular flexibility index (Phi) is 5.13. The fourth-order valence-electron chi connectivity index (χ4n) is 4.38. The average molecular weight is 465 g/mol. The molecule has 2 aromatic carbocycles. The zero-order chi connectivity index (χ0) is 26.3. The fraction of sp³-hybridized carbons (Fsp3) is 0.346. The van der Waals surface area contributed by atoms with E-state index in [1.165, 1.54) is 0 Å². The summed E-state index contributed by atoms with van der Waals surface area (Å²) >= 11 is 0. The largest absolute Gasteiger partial charge is 0.489 e. The molecule has 0 saturated carbocycles. The molecule has 0 aliphatic carbocycles. The molecule has 176 valence electrons. The van der Waals surface area contributed by atoms with Gasteiger partial charge < -0.3 is 24.6 Å². The van der Waals surface area contributed by atoms with Crippen LogP contribution in [0.15, 0.2) is 54.7 Å². The van der Waals surface area contributed by atoms with Crippen molar-refractivity contribution in [2.24, 2.45) is 0 Å². The lowest BCUT2D eigenvalue weighted by molar-refractivity contribution is -0.143. The van der Waals surface area contributed by atoms with Crippen LogP contribution in [0.4, 0.5) is 0 Å². The van der Waals surface area contributed by atoms with Crippen molar-refractivity contribution in [3.05, 3.63) is 77.0 Å². The third kappa shape index (κ3) is 4.41. The Hall–Kier alpha value is -3.65. The molecule has 3 heterocycles. The van der Waals surface area contributed by atoms with Gasteiger partial charge in [0.25, 0.3) is 5.91 Å². The zero-order valence-corrected chi connectivity index (χ0v) is 18.6. The highest BCUT2D eigenvalue weighted by Gasteiger charge is 2.39. The summed E-state index contributed by atoms with van der Waals surface area (Å²) in [4.78, 5) is 40.5. The molecule has 0 aromatic heterocycles. The number of ether oxygens (including phenoxy) is 2. The summed E-state index contributed by atoms with van der Waals surface area (Å²) in [5.74, 6) is -0.682. The van der Waals surface area contributed by atoms with Gasteiger partial charge in [-0.2, -0.15) is 0 Å². The molecule has 1 N–H and O–H groups in total. The normalized spacial score (nSPS) is 25.4. The Bertz CT molecular complexity index is 1270. The summed E-state index contributed by atoms with van der Waals surface area (Å²) in [6.07, 6.45) is 1.17. The number of allylic oxidation sites excluding steroid dienone is 1. The first-order valence-electron chi connectivity index (χ1n) is 12.7. The molecule has 3 amide bonds. The lowest BCUT2D eigenvalue weighted by Crippen LogP contribution is -2.49. The average Bonchev–Trinajstić information content (AvgIpc) is 3.21. The van der Waals surface area contributed by atoms with Crippen LogP contribution in [0.5, 0.6) is 5.75 Å². The molecule has 0 spiro atoms. The number of hydrogen-bond acceptors (Lipinski definition) is 5. The number of nitrogens with zero attached hydrogens (tertiary/aromatic N) is 2. The maximum Gasteiger partial charge on any atom is 0.255 e. The molecule has 0 bridgehead atoms. The van der Waals surface area contributed by atoms with Gasteiger partial charge in [-0.1, -0.05) is 36.9 Å². The first-order chi connectivity index (χ1) is 17.6. The van der Waals surface area contributed by atoms with E-state index < -0.39 is 25.0 Å². The minimum Gasteiger partial charge on any atom is -0.489 e. The summed E-state index contributed by atoms with van der Waals surface area (Å²) < 4.78 is 34.2. The molecule has 2 unspecified atom stereocenters. The molecule has 34 heavy (non-hydrogen) atoms. The molecule has 8 nitrogen and oxygen atoms in total. The van der Waals surface area contributed by atoms with E-state index in [-0.39, 0.29) is 31.6 Å². The monoisotopic (exact) mass is 464 g/mol. The van der Waals surface area contributed by atoms with Gasteiger partial charge in [-0.3, -0.25) is 14.4 Å². The lowest BCUT2D eigenvalue weighted by atomic mass is 10.0. The van der Waals surface area contributed by atoms with Crippen LogP contribution in [0.25, 0.3) is 0 Å². The SMILES string of the molecule is [2H]C1COC([2H])([2H])C(=O)N1Cc1ccc(COc2cccc3c2CN(C2CCC(=C)NC2=O)C3=O)cc1. The second-order valence-electron chi connectivity index (χ2n) is 8.50. The number of fused-ring (bicyclic) bond motifs is 1. The molecule has 2 fully saturated rings. The third-order valence-corrected chi connectivity index (χ3v) is 6.22. The summed E-state index contributed by atoms with van der Waals surface area (Å²) in [5, 5.41) is 2.74. The minimum atomic E-state index is -2.42. The quantitative estimate of drug-likeness (QED) is 0.709. The Morgan fingerprint density at radius 3 is 2.74 bits per heavy atom. The van der Waals surface area contributed by atoms with E-state index in [2.05, 4.69) is 11.9 Å². The van der Waals surface area contributed by atoms with Crippen LogP contribution in [-0.2, 0) is 34.0 Å². The van der Waals surface area contributed by atoms with Gasteiger partial charge in [0.2, 0.25) is 11.8 Å². The van der Waals surface area contributed by atoms with Gasteiger partial charge in [-0.25, -0.2) is 0 Å². The van der Waals surface area contributed by atoms with Crippen LogP contribution in [0, 0.1) is 0 Å². The highest BCUT2D eigenvalue weighted by atomic mass is 16.5. The van der Waals surface area contributed by atoms with E-state index in [9.17, 15) is 14.4 Å². The maximum absolute atomic E-state index is 13.0. The van der Waals surface area contributed by atoms with Crippen molar-refractivity contribution in [3.8, 4) is 5.75 Å². The number of amides is 3. The number of carbonyl (C=O) groups is 3. The number of benzene rings is 2. The first kappa shape index (κ1) is 18.7. The molecule has 2 atom stereocenters. The molecule has 8 heteroatoms. The standard InChI is InChI=1S/C26H27N3O5/c1-17-5-10-22(25(31)27-17)29-14-21-20(26(29)32)3-2-4-23(21)34-15-19-8-6-18(7-9-19)13-28-11-12-33-16-24(28)30/h2-4,6-9,22H,1,5,10-16H2,(H,27,31)/i11D,16D2. The minimum absolute atomic E-state index is 0.100. The highest BCUT2D eigenvalue weighted by Crippen LogP contribution is 2.34. The summed E-state index contributed by atoms with van der Waals surface area (Å²) in [6.45, 7) is 0.855. The Balaban J connectivity index is 1.23. The predicted molar refractivity (Wildman–Crippen MR) is 124 cm³/mol. The van der Waals surface area contributed by atoms with E-state index in [1.54, 1.807) is 35.2 Å². The third-order valence-electron chi connectivity index (χ3n) is 6.22. The smallest absolute Gasteiger partial charge is 0.255 e. The van der Waals surface area contributed by atoms with Crippen LogP contribution in [0.2, 0.25) is 0 Å². The van der Waals surface area contributed by atoms with Crippen molar-refractivity contribution < 1.29 is 28.0 Å². The maximum atomic E-state index is 13.0. The van der Waals surface area contributed by atoms with E-state index in [0.29, 0.717) is 36.4 Å². The van der Waals surface area contributed by atoms with Crippen molar-refractivity contribution in [2.45, 2.75) is 38.6 Å². The van der Waals surface area contributed by atoms with Crippen LogP contribution < -0.4 is 10.1 Å². The van der Waals surface area contributed by atoms with Crippen LogP contribution in [0.1, 0.15) is 44.0 Å². The Morgan fingerprint density at radius 1 is 1.15 bits per heavy atom. The highest BCUT2D eigenvalue weighted by molar-refractivity contribution is 6.02. The molecule has 2 saturated heterocycles. The van der Waals surface area contributed by atoms with Gasteiger partial charge in [0.05, 0.1) is 17.3 Å².